The molecule has 3 amide bonds. The Labute approximate surface area is 197 Å². The van der Waals surface area contributed by atoms with Gasteiger partial charge in [0, 0.05) is 25.2 Å². The van der Waals surface area contributed by atoms with Gasteiger partial charge in [0.25, 0.3) is 5.91 Å². The second-order valence-electron chi connectivity index (χ2n) is 8.22. The number of alkyl halides is 2. The van der Waals surface area contributed by atoms with Crippen LogP contribution in [-0.4, -0.2) is 42.3 Å². The van der Waals surface area contributed by atoms with Crippen molar-refractivity contribution >= 4 is 23.4 Å². The number of nitrogens with one attached hydrogen (secondary N) is 2. The van der Waals surface area contributed by atoms with Crippen molar-refractivity contribution in [3.05, 3.63) is 59.7 Å². The van der Waals surface area contributed by atoms with E-state index in [0.29, 0.717) is 31.5 Å². The second kappa shape index (κ2) is 11.6. The van der Waals surface area contributed by atoms with E-state index in [-0.39, 0.29) is 35.7 Å². The summed E-state index contributed by atoms with van der Waals surface area (Å²) in [6.45, 7) is 1.24. The number of nitrogens with zero attached hydrogens (tertiary/aromatic N) is 1. The number of ether oxygens (including phenoxy) is 1. The van der Waals surface area contributed by atoms with Gasteiger partial charge >= 0.3 is 6.61 Å². The maximum atomic E-state index is 13.0. The molecule has 3 rings (SSSR count). The zero-order valence-electron chi connectivity index (χ0n) is 19.2. The van der Waals surface area contributed by atoms with Gasteiger partial charge in [-0.1, -0.05) is 31.2 Å². The minimum absolute atomic E-state index is 0.0486. The van der Waals surface area contributed by atoms with Crippen molar-refractivity contribution in [2.24, 2.45) is 5.92 Å². The Balaban J connectivity index is 1.61. The highest BCUT2D eigenvalue weighted by molar-refractivity contribution is 5.97. The van der Waals surface area contributed by atoms with Crippen molar-refractivity contribution in [3.8, 4) is 5.75 Å². The molecule has 1 aliphatic heterocycles. The number of likely N-dealkylation sites (tertiary alicyclic amines) is 1. The lowest BCUT2D eigenvalue weighted by Crippen LogP contribution is -2.46. The molecule has 9 heteroatoms. The molecule has 2 aromatic carbocycles. The van der Waals surface area contributed by atoms with Gasteiger partial charge in [-0.25, -0.2) is 0 Å². The molecule has 2 unspecified atom stereocenters. The molecule has 0 aliphatic carbocycles. The minimum Gasteiger partial charge on any atom is -0.434 e. The van der Waals surface area contributed by atoms with Crippen molar-refractivity contribution in [2.75, 3.05) is 18.4 Å². The monoisotopic (exact) mass is 473 g/mol. The van der Waals surface area contributed by atoms with Crippen LogP contribution in [0.4, 0.5) is 14.5 Å². The molecule has 1 fully saturated rings. The van der Waals surface area contributed by atoms with Crippen molar-refractivity contribution in [2.45, 2.75) is 45.8 Å². The fourth-order valence-corrected chi connectivity index (χ4v) is 3.91. The van der Waals surface area contributed by atoms with E-state index in [2.05, 4.69) is 15.4 Å². The Morgan fingerprint density at radius 2 is 1.82 bits per heavy atom. The van der Waals surface area contributed by atoms with E-state index in [4.69, 9.17) is 0 Å². The fraction of sp³-hybridized carbons (Fsp3) is 0.400. The fourth-order valence-electron chi connectivity index (χ4n) is 3.91. The third-order valence-corrected chi connectivity index (χ3v) is 5.79. The number of hydrogen-bond acceptors (Lipinski definition) is 4. The average molecular weight is 474 g/mol. The highest BCUT2D eigenvalue weighted by atomic mass is 19.3. The molecular weight excluding hydrogens is 444 g/mol. The molecular formula is C25H29F2N3O4. The number of carbonyl (C=O) groups excluding carboxylic acids is 3. The molecule has 1 heterocycles. The standard InChI is InChI=1S/C25H29F2N3O4/c1-3-22(31)29-19-12-10-17(11-13-19)16(2)28-23(32)18-7-6-14-30(15-18)24(33)20-8-4-5-9-21(20)34-25(26)27/h4-5,8-13,16,18,25H,3,6-7,14-15H2,1-2H3,(H,28,32)(H,29,31). The molecule has 0 spiro atoms. The van der Waals surface area contributed by atoms with Gasteiger partial charge in [0.2, 0.25) is 11.8 Å². The van der Waals surface area contributed by atoms with Crippen LogP contribution in [-0.2, 0) is 9.59 Å². The first-order valence-corrected chi connectivity index (χ1v) is 11.3. The molecule has 0 radical (unpaired) electrons. The van der Waals surface area contributed by atoms with Gasteiger partial charge in [0.05, 0.1) is 17.5 Å². The number of para-hydroxylation sites is 1. The maximum absolute atomic E-state index is 13.0. The smallest absolute Gasteiger partial charge is 0.387 e. The van der Waals surface area contributed by atoms with Gasteiger partial charge in [-0.15, -0.1) is 0 Å². The minimum atomic E-state index is -3.03. The first-order chi connectivity index (χ1) is 16.3. The summed E-state index contributed by atoms with van der Waals surface area (Å²) >= 11 is 0. The molecule has 1 saturated heterocycles. The summed E-state index contributed by atoms with van der Waals surface area (Å²) in [6, 6.07) is 12.9. The number of halogens is 2. The molecule has 2 aromatic rings. The van der Waals surface area contributed by atoms with Gasteiger partial charge in [-0.2, -0.15) is 8.78 Å². The van der Waals surface area contributed by atoms with E-state index in [1.165, 1.54) is 23.1 Å². The third-order valence-electron chi connectivity index (χ3n) is 5.79. The Morgan fingerprint density at radius 3 is 2.50 bits per heavy atom. The van der Waals surface area contributed by atoms with Gasteiger partial charge in [-0.3, -0.25) is 14.4 Å². The van der Waals surface area contributed by atoms with Gasteiger partial charge < -0.3 is 20.3 Å². The molecule has 2 atom stereocenters. The van der Waals surface area contributed by atoms with Crippen molar-refractivity contribution < 1.29 is 27.9 Å². The average Bonchev–Trinajstić information content (AvgIpc) is 2.84. The molecule has 1 aliphatic rings. The van der Waals surface area contributed by atoms with Crippen LogP contribution in [0.25, 0.3) is 0 Å². The van der Waals surface area contributed by atoms with E-state index < -0.39 is 18.4 Å². The zero-order chi connectivity index (χ0) is 24.7. The molecule has 34 heavy (non-hydrogen) atoms. The van der Waals surface area contributed by atoms with Crippen LogP contribution in [0.2, 0.25) is 0 Å². The summed E-state index contributed by atoms with van der Waals surface area (Å²) in [7, 11) is 0. The van der Waals surface area contributed by atoms with Crippen LogP contribution in [0.15, 0.2) is 48.5 Å². The van der Waals surface area contributed by atoms with E-state index in [1.807, 2.05) is 19.1 Å². The number of anilines is 1. The highest BCUT2D eigenvalue weighted by Gasteiger charge is 2.31. The van der Waals surface area contributed by atoms with Crippen molar-refractivity contribution in [1.29, 1.82) is 0 Å². The summed E-state index contributed by atoms with van der Waals surface area (Å²) in [4.78, 5) is 38.9. The van der Waals surface area contributed by atoms with Crippen molar-refractivity contribution in [3.63, 3.8) is 0 Å². The highest BCUT2D eigenvalue weighted by Crippen LogP contribution is 2.26. The Morgan fingerprint density at radius 1 is 1.12 bits per heavy atom. The Hall–Kier alpha value is -3.49. The summed E-state index contributed by atoms with van der Waals surface area (Å²) in [6.07, 6.45) is 1.64. The van der Waals surface area contributed by atoms with Crippen LogP contribution in [0.3, 0.4) is 0 Å². The summed E-state index contributed by atoms with van der Waals surface area (Å²) in [5.41, 5.74) is 1.61. The third kappa shape index (κ3) is 6.52. The molecule has 0 saturated carbocycles. The number of piperidine rings is 1. The molecule has 182 valence electrons. The van der Waals surface area contributed by atoms with E-state index >= 15 is 0 Å². The predicted molar refractivity (Wildman–Crippen MR) is 124 cm³/mol. The topological polar surface area (TPSA) is 87.7 Å². The maximum Gasteiger partial charge on any atom is 0.387 e. The second-order valence-corrected chi connectivity index (χ2v) is 8.22. The Bertz CT molecular complexity index is 1010. The molecule has 2 N–H and O–H groups in total. The van der Waals surface area contributed by atoms with E-state index in [1.54, 1.807) is 25.1 Å². The lowest BCUT2D eigenvalue weighted by molar-refractivity contribution is -0.127. The van der Waals surface area contributed by atoms with Crippen LogP contribution in [0.5, 0.6) is 5.75 Å². The first-order valence-electron chi connectivity index (χ1n) is 11.3. The largest absolute Gasteiger partial charge is 0.434 e. The van der Waals surface area contributed by atoms with Gasteiger partial charge in [0.15, 0.2) is 0 Å². The van der Waals surface area contributed by atoms with Crippen LogP contribution >= 0.6 is 0 Å². The first kappa shape index (κ1) is 25.1. The van der Waals surface area contributed by atoms with Crippen LogP contribution in [0, 0.1) is 5.92 Å². The Kier molecular flexibility index (Phi) is 8.56. The van der Waals surface area contributed by atoms with E-state index in [0.717, 1.165) is 5.56 Å². The number of amides is 3. The number of hydrogen-bond donors (Lipinski definition) is 2. The van der Waals surface area contributed by atoms with Crippen LogP contribution in [0.1, 0.15) is 55.1 Å². The van der Waals surface area contributed by atoms with Gasteiger partial charge in [0.1, 0.15) is 5.75 Å². The van der Waals surface area contributed by atoms with Gasteiger partial charge in [-0.05, 0) is 49.6 Å². The molecule has 7 nitrogen and oxygen atoms in total. The summed E-state index contributed by atoms with van der Waals surface area (Å²) in [5, 5.41) is 5.77. The summed E-state index contributed by atoms with van der Waals surface area (Å²) < 4.78 is 29.9. The van der Waals surface area contributed by atoms with Crippen LogP contribution < -0.4 is 15.4 Å². The number of rotatable bonds is 8. The number of benzene rings is 2. The quantitative estimate of drug-likeness (QED) is 0.596. The predicted octanol–water partition coefficient (Wildman–Crippen LogP) is 4.37. The SMILES string of the molecule is CCC(=O)Nc1ccc(C(C)NC(=O)C2CCCN(C(=O)c3ccccc3OC(F)F)C2)cc1. The molecule has 0 aromatic heterocycles. The lowest BCUT2D eigenvalue weighted by Gasteiger charge is -2.33. The van der Waals surface area contributed by atoms with E-state index in [9.17, 15) is 23.2 Å². The summed E-state index contributed by atoms with van der Waals surface area (Å²) in [5.74, 6) is -1.28. The molecule has 0 bridgehead atoms. The normalized spacial score (nSPS) is 16.6. The van der Waals surface area contributed by atoms with Crippen molar-refractivity contribution in [1.82, 2.24) is 10.2 Å². The lowest BCUT2D eigenvalue weighted by atomic mass is 9.95. The number of carbonyl (C=O) groups is 3. The zero-order valence-corrected chi connectivity index (χ0v) is 19.2.